The second-order valence-corrected chi connectivity index (χ2v) is 4.05. The molecule has 0 aliphatic rings. The lowest BCUT2D eigenvalue weighted by molar-refractivity contribution is 0.509. The molecule has 1 heterocycles. The summed E-state index contributed by atoms with van der Waals surface area (Å²) in [5, 5.41) is 7.34. The summed E-state index contributed by atoms with van der Waals surface area (Å²) in [5.41, 5.74) is 1.41. The van der Waals surface area contributed by atoms with E-state index in [4.69, 9.17) is 0 Å². The van der Waals surface area contributed by atoms with Crippen molar-refractivity contribution < 1.29 is 8.78 Å². The zero-order valence-corrected chi connectivity index (χ0v) is 10.2. The number of aryl methyl sites for hydroxylation is 1. The second-order valence-electron chi connectivity index (χ2n) is 4.05. The number of benzene rings is 1. The molecule has 5 heteroatoms. The van der Waals surface area contributed by atoms with Gasteiger partial charge in [-0.3, -0.25) is 4.68 Å². The molecule has 0 radical (unpaired) electrons. The first-order valence-electron chi connectivity index (χ1n) is 5.90. The molecule has 0 spiro atoms. The topological polar surface area (TPSA) is 29.9 Å². The first-order chi connectivity index (χ1) is 8.69. The van der Waals surface area contributed by atoms with Gasteiger partial charge in [-0.15, -0.1) is 0 Å². The van der Waals surface area contributed by atoms with Gasteiger partial charge in [0.1, 0.15) is 0 Å². The number of anilines is 1. The van der Waals surface area contributed by atoms with E-state index in [0.717, 1.165) is 30.8 Å². The van der Waals surface area contributed by atoms with Crippen LogP contribution in [-0.2, 0) is 13.1 Å². The molecule has 96 valence electrons. The van der Waals surface area contributed by atoms with Gasteiger partial charge >= 0.3 is 0 Å². The first kappa shape index (κ1) is 12.5. The van der Waals surface area contributed by atoms with Crippen molar-refractivity contribution in [1.82, 2.24) is 9.78 Å². The SMILES string of the molecule is CCCn1ccc(CNc2ccc(F)c(F)c2)n1. The minimum absolute atomic E-state index is 0.488. The molecule has 0 saturated carbocycles. The van der Waals surface area contributed by atoms with Crippen molar-refractivity contribution in [3.63, 3.8) is 0 Å². The Bertz CT molecular complexity index is 523. The van der Waals surface area contributed by atoms with Gasteiger partial charge < -0.3 is 5.32 Å². The molecular formula is C13H15F2N3. The average molecular weight is 251 g/mol. The van der Waals surface area contributed by atoms with Crippen LogP contribution in [0.3, 0.4) is 0 Å². The van der Waals surface area contributed by atoms with Crippen LogP contribution in [0.1, 0.15) is 19.0 Å². The summed E-state index contributed by atoms with van der Waals surface area (Å²) < 4.78 is 27.6. The Kier molecular flexibility index (Phi) is 3.92. The van der Waals surface area contributed by atoms with Gasteiger partial charge in [0.15, 0.2) is 11.6 Å². The van der Waals surface area contributed by atoms with E-state index in [1.165, 1.54) is 6.07 Å². The van der Waals surface area contributed by atoms with E-state index in [9.17, 15) is 8.78 Å². The van der Waals surface area contributed by atoms with E-state index >= 15 is 0 Å². The predicted molar refractivity (Wildman–Crippen MR) is 66.2 cm³/mol. The van der Waals surface area contributed by atoms with E-state index in [1.54, 1.807) is 0 Å². The number of halogens is 2. The van der Waals surface area contributed by atoms with E-state index in [0.29, 0.717) is 12.2 Å². The van der Waals surface area contributed by atoms with Crippen LogP contribution in [0.15, 0.2) is 30.5 Å². The van der Waals surface area contributed by atoms with Crippen LogP contribution in [0.25, 0.3) is 0 Å². The molecule has 1 aromatic carbocycles. The lowest BCUT2D eigenvalue weighted by Crippen LogP contribution is -2.03. The summed E-state index contributed by atoms with van der Waals surface area (Å²) in [6, 6.07) is 5.65. The molecule has 0 bridgehead atoms. The van der Waals surface area contributed by atoms with Gasteiger partial charge in [0, 0.05) is 24.5 Å². The van der Waals surface area contributed by atoms with Gasteiger partial charge in [-0.2, -0.15) is 5.10 Å². The molecular weight excluding hydrogens is 236 g/mol. The van der Waals surface area contributed by atoms with Crippen molar-refractivity contribution in [2.24, 2.45) is 0 Å². The van der Waals surface area contributed by atoms with Crippen LogP contribution in [-0.4, -0.2) is 9.78 Å². The van der Waals surface area contributed by atoms with Gasteiger partial charge in [0.2, 0.25) is 0 Å². The normalized spacial score (nSPS) is 10.6. The van der Waals surface area contributed by atoms with Crippen LogP contribution >= 0.6 is 0 Å². The maximum Gasteiger partial charge on any atom is 0.160 e. The van der Waals surface area contributed by atoms with Gasteiger partial charge in [-0.1, -0.05) is 6.92 Å². The van der Waals surface area contributed by atoms with Gasteiger partial charge in [0.05, 0.1) is 12.2 Å². The third-order valence-corrected chi connectivity index (χ3v) is 2.54. The van der Waals surface area contributed by atoms with Crippen molar-refractivity contribution >= 4 is 5.69 Å². The van der Waals surface area contributed by atoms with Crippen LogP contribution in [0.5, 0.6) is 0 Å². The molecule has 3 nitrogen and oxygen atoms in total. The largest absolute Gasteiger partial charge is 0.379 e. The molecule has 2 aromatic rings. The Balaban J connectivity index is 1.95. The zero-order chi connectivity index (χ0) is 13.0. The molecule has 0 fully saturated rings. The van der Waals surface area contributed by atoms with E-state index in [1.807, 2.05) is 16.9 Å². The Morgan fingerprint density at radius 2 is 2.06 bits per heavy atom. The number of hydrogen-bond acceptors (Lipinski definition) is 2. The fraction of sp³-hybridized carbons (Fsp3) is 0.308. The molecule has 0 atom stereocenters. The molecule has 18 heavy (non-hydrogen) atoms. The molecule has 1 N–H and O–H groups in total. The minimum Gasteiger partial charge on any atom is -0.379 e. The molecule has 0 unspecified atom stereocenters. The molecule has 0 amide bonds. The third-order valence-electron chi connectivity index (χ3n) is 2.54. The number of nitrogens with one attached hydrogen (secondary N) is 1. The highest BCUT2D eigenvalue weighted by molar-refractivity contribution is 5.43. The van der Waals surface area contributed by atoms with Gasteiger partial charge in [-0.25, -0.2) is 8.78 Å². The highest BCUT2D eigenvalue weighted by atomic mass is 19.2. The smallest absolute Gasteiger partial charge is 0.160 e. The lowest BCUT2D eigenvalue weighted by atomic mass is 10.3. The van der Waals surface area contributed by atoms with Gasteiger partial charge in [0.25, 0.3) is 0 Å². The monoisotopic (exact) mass is 251 g/mol. The Morgan fingerprint density at radius 3 is 2.78 bits per heavy atom. The van der Waals surface area contributed by atoms with Crippen LogP contribution < -0.4 is 5.32 Å². The summed E-state index contributed by atoms with van der Waals surface area (Å²) in [5.74, 6) is -1.69. The Hall–Kier alpha value is -1.91. The first-order valence-corrected chi connectivity index (χ1v) is 5.90. The Morgan fingerprint density at radius 1 is 1.22 bits per heavy atom. The molecule has 0 saturated heterocycles. The van der Waals surface area contributed by atoms with E-state index in [-0.39, 0.29) is 0 Å². The van der Waals surface area contributed by atoms with E-state index < -0.39 is 11.6 Å². The second kappa shape index (κ2) is 5.62. The number of aromatic nitrogens is 2. The molecule has 1 aromatic heterocycles. The minimum atomic E-state index is -0.850. The molecule has 0 aliphatic carbocycles. The standard InChI is InChI=1S/C13H15F2N3/c1-2-6-18-7-5-11(17-18)9-16-10-3-4-12(14)13(15)8-10/h3-5,7-8,16H,2,6,9H2,1H3. The Labute approximate surface area is 104 Å². The van der Waals surface area contributed by atoms with Crippen molar-refractivity contribution in [2.45, 2.75) is 26.4 Å². The van der Waals surface area contributed by atoms with Crippen molar-refractivity contribution in [3.05, 3.63) is 47.8 Å². The zero-order valence-electron chi connectivity index (χ0n) is 10.2. The van der Waals surface area contributed by atoms with Gasteiger partial charge in [-0.05, 0) is 24.6 Å². The molecule has 2 rings (SSSR count). The van der Waals surface area contributed by atoms with Crippen molar-refractivity contribution in [3.8, 4) is 0 Å². The summed E-state index contributed by atoms with van der Waals surface area (Å²) in [4.78, 5) is 0. The predicted octanol–water partition coefficient (Wildman–Crippen LogP) is 3.18. The fourth-order valence-corrected chi connectivity index (χ4v) is 1.65. The maximum absolute atomic E-state index is 13.0. The van der Waals surface area contributed by atoms with Crippen LogP contribution in [0.2, 0.25) is 0 Å². The molecule has 0 aliphatic heterocycles. The quantitative estimate of drug-likeness (QED) is 0.884. The lowest BCUT2D eigenvalue weighted by Gasteiger charge is -2.04. The highest BCUT2D eigenvalue weighted by Gasteiger charge is 2.03. The summed E-state index contributed by atoms with van der Waals surface area (Å²) >= 11 is 0. The number of rotatable bonds is 5. The van der Waals surface area contributed by atoms with Crippen LogP contribution in [0, 0.1) is 11.6 Å². The third kappa shape index (κ3) is 3.06. The summed E-state index contributed by atoms with van der Waals surface area (Å²) in [6.07, 6.45) is 2.93. The average Bonchev–Trinajstić information content (AvgIpc) is 2.79. The maximum atomic E-state index is 13.0. The number of nitrogens with zero attached hydrogens (tertiary/aromatic N) is 2. The van der Waals surface area contributed by atoms with Crippen LogP contribution in [0.4, 0.5) is 14.5 Å². The number of hydrogen-bond donors (Lipinski definition) is 1. The fourth-order valence-electron chi connectivity index (χ4n) is 1.65. The van der Waals surface area contributed by atoms with E-state index in [2.05, 4.69) is 17.3 Å². The highest BCUT2D eigenvalue weighted by Crippen LogP contribution is 2.13. The summed E-state index contributed by atoms with van der Waals surface area (Å²) in [7, 11) is 0. The summed E-state index contributed by atoms with van der Waals surface area (Å²) in [6.45, 7) is 3.45. The van der Waals surface area contributed by atoms with Crippen molar-refractivity contribution in [2.75, 3.05) is 5.32 Å². The van der Waals surface area contributed by atoms with Crippen molar-refractivity contribution in [1.29, 1.82) is 0 Å².